The van der Waals surface area contributed by atoms with E-state index in [1.54, 1.807) is 19.9 Å². The van der Waals surface area contributed by atoms with E-state index in [4.69, 9.17) is 9.84 Å². The number of aromatic nitrogens is 1. The molecule has 1 saturated carbocycles. The molecule has 1 aromatic carbocycles. The first-order valence-electron chi connectivity index (χ1n) is 10.3. The van der Waals surface area contributed by atoms with Gasteiger partial charge in [0.1, 0.15) is 18.1 Å². The van der Waals surface area contributed by atoms with Gasteiger partial charge in [0.05, 0.1) is 22.7 Å². The van der Waals surface area contributed by atoms with Gasteiger partial charge in [-0.1, -0.05) is 6.07 Å². The summed E-state index contributed by atoms with van der Waals surface area (Å²) >= 11 is 0. The molecule has 1 aliphatic carbocycles. The molecule has 0 unspecified atom stereocenters. The third kappa shape index (κ3) is 3.78. The Balaban J connectivity index is 1.80. The highest BCUT2D eigenvalue weighted by molar-refractivity contribution is 7.94. The highest BCUT2D eigenvalue weighted by Gasteiger charge is 2.54. The van der Waals surface area contributed by atoms with Crippen LogP contribution in [0.3, 0.4) is 0 Å². The molecule has 3 N–H and O–H groups in total. The summed E-state index contributed by atoms with van der Waals surface area (Å²) in [7, 11) is -3.85. The van der Waals surface area contributed by atoms with E-state index < -0.39 is 20.6 Å². The minimum absolute atomic E-state index is 0.0882. The molecule has 2 aromatic rings. The maximum Gasteiger partial charge on any atom is 0.258 e. The maximum absolute atomic E-state index is 14.5. The first kappa shape index (κ1) is 21.6. The van der Waals surface area contributed by atoms with Crippen LogP contribution in [0.5, 0.6) is 5.88 Å². The van der Waals surface area contributed by atoms with Crippen LogP contribution in [0.4, 0.5) is 21.5 Å². The Morgan fingerprint density at radius 1 is 1.26 bits per heavy atom. The zero-order valence-corrected chi connectivity index (χ0v) is 18.3. The fourth-order valence-corrected chi connectivity index (χ4v) is 5.69. The number of ether oxygens (including phenoxy) is 1. The van der Waals surface area contributed by atoms with Crippen LogP contribution in [-0.2, 0) is 16.6 Å². The van der Waals surface area contributed by atoms with Crippen LogP contribution in [0, 0.1) is 19.7 Å². The van der Waals surface area contributed by atoms with Crippen molar-refractivity contribution in [1.29, 1.82) is 0 Å². The second kappa shape index (κ2) is 7.83. The molecule has 168 valence electrons. The number of anilines is 3. The van der Waals surface area contributed by atoms with Crippen molar-refractivity contribution in [3.8, 4) is 5.88 Å². The van der Waals surface area contributed by atoms with Gasteiger partial charge in [-0.25, -0.2) is 12.8 Å². The van der Waals surface area contributed by atoms with Crippen molar-refractivity contribution >= 4 is 27.1 Å². The molecule has 2 heterocycles. The Morgan fingerprint density at radius 3 is 2.65 bits per heavy atom. The van der Waals surface area contributed by atoms with E-state index in [-0.39, 0.29) is 47.3 Å². The second-order valence-corrected chi connectivity index (χ2v) is 10.3. The van der Waals surface area contributed by atoms with Crippen LogP contribution < -0.4 is 20.3 Å². The van der Waals surface area contributed by atoms with Crippen molar-refractivity contribution in [3.05, 3.63) is 45.5 Å². The fourth-order valence-electron chi connectivity index (χ4n) is 3.96. The summed E-state index contributed by atoms with van der Waals surface area (Å²) in [6.45, 7) is 3.78. The molecule has 0 bridgehead atoms. The molecule has 0 amide bonds. The monoisotopic (exact) mass is 451 g/mol. The maximum atomic E-state index is 14.5. The fraction of sp³-hybridized carbons (Fsp3) is 0.476. The molecule has 1 aromatic heterocycles. The van der Waals surface area contributed by atoms with Crippen molar-refractivity contribution in [1.82, 2.24) is 4.57 Å². The van der Waals surface area contributed by atoms with E-state index in [0.717, 1.165) is 5.56 Å². The predicted octanol–water partition coefficient (Wildman–Crippen LogP) is 2.79. The molecule has 1 aliphatic heterocycles. The van der Waals surface area contributed by atoms with Crippen LogP contribution in [-0.4, -0.2) is 36.1 Å². The van der Waals surface area contributed by atoms with Crippen molar-refractivity contribution in [2.45, 2.75) is 50.8 Å². The summed E-state index contributed by atoms with van der Waals surface area (Å²) < 4.78 is 49.7. The van der Waals surface area contributed by atoms with Gasteiger partial charge >= 0.3 is 0 Å². The number of aliphatic hydroxyl groups is 1. The van der Waals surface area contributed by atoms with E-state index in [1.807, 2.05) is 0 Å². The number of halogens is 1. The van der Waals surface area contributed by atoms with Gasteiger partial charge in [-0.05, 0) is 57.2 Å². The number of sulfonamides is 1. The summed E-state index contributed by atoms with van der Waals surface area (Å²) in [6, 6.07) is 4.61. The van der Waals surface area contributed by atoms with Gasteiger partial charge in [0, 0.05) is 12.2 Å². The molecule has 0 radical (unpaired) electrons. The molecule has 31 heavy (non-hydrogen) atoms. The average Bonchev–Trinajstić information content (AvgIpc) is 3.37. The van der Waals surface area contributed by atoms with Crippen LogP contribution in [0.2, 0.25) is 0 Å². The molecular weight excluding hydrogens is 425 g/mol. The van der Waals surface area contributed by atoms with Crippen molar-refractivity contribution in [3.63, 3.8) is 0 Å². The number of aliphatic hydroxyl groups excluding tert-OH is 1. The Kier molecular flexibility index (Phi) is 5.47. The largest absolute Gasteiger partial charge is 0.475 e. The number of nitrogens with one attached hydrogen (secondary N) is 2. The SMILES string of the molecule is Cc1ccc(Nc2c(NS(=O)(=O)C3(CCCO)CC3)c3n(c(=O)c2C)CCO3)c(F)c1. The number of rotatable bonds is 8. The van der Waals surface area contributed by atoms with Gasteiger partial charge in [-0.3, -0.25) is 14.1 Å². The van der Waals surface area contributed by atoms with Crippen LogP contribution in [0.15, 0.2) is 23.0 Å². The Hall–Kier alpha value is -2.59. The van der Waals surface area contributed by atoms with Crippen LogP contribution in [0.25, 0.3) is 0 Å². The standard InChI is InChI=1S/C21H26FN3O5S/c1-13-4-5-16(15(22)12-13)23-17-14(2)19(27)25-9-11-30-20(25)18(17)24-31(28,29)21(7-8-21)6-3-10-26/h4-5,12,23-24,26H,3,6-11H2,1-2H3. The molecule has 8 nitrogen and oxygen atoms in total. The normalized spacial score (nSPS) is 16.5. The number of hydrogen-bond acceptors (Lipinski definition) is 6. The highest BCUT2D eigenvalue weighted by atomic mass is 32.2. The first-order valence-corrected chi connectivity index (χ1v) is 11.7. The van der Waals surface area contributed by atoms with Gasteiger partial charge in [0.2, 0.25) is 15.9 Å². The van der Waals surface area contributed by atoms with Gasteiger partial charge in [0.15, 0.2) is 0 Å². The minimum atomic E-state index is -3.85. The van der Waals surface area contributed by atoms with E-state index in [0.29, 0.717) is 32.2 Å². The molecule has 0 spiro atoms. The zero-order chi connectivity index (χ0) is 22.4. The van der Waals surface area contributed by atoms with Gasteiger partial charge in [0.25, 0.3) is 5.56 Å². The summed E-state index contributed by atoms with van der Waals surface area (Å²) in [5.74, 6) is -0.400. The molecule has 0 saturated heterocycles. The first-order chi connectivity index (χ1) is 14.7. The number of pyridine rings is 1. The van der Waals surface area contributed by atoms with E-state index in [2.05, 4.69) is 10.0 Å². The lowest BCUT2D eigenvalue weighted by Gasteiger charge is -2.22. The highest BCUT2D eigenvalue weighted by Crippen LogP contribution is 2.49. The topological polar surface area (TPSA) is 110 Å². The van der Waals surface area contributed by atoms with Gasteiger partial charge in [-0.15, -0.1) is 0 Å². The van der Waals surface area contributed by atoms with Gasteiger partial charge < -0.3 is 15.2 Å². The number of hydrogen-bond donors (Lipinski definition) is 3. The number of nitrogens with zero attached hydrogens (tertiary/aromatic N) is 1. The number of benzene rings is 1. The van der Waals surface area contributed by atoms with E-state index >= 15 is 0 Å². The van der Waals surface area contributed by atoms with Crippen molar-refractivity contribution in [2.24, 2.45) is 0 Å². The molecule has 4 rings (SSSR count). The Bertz CT molecular complexity index is 1190. The summed E-state index contributed by atoms with van der Waals surface area (Å²) in [5, 5.41) is 12.1. The van der Waals surface area contributed by atoms with Crippen molar-refractivity contribution in [2.75, 3.05) is 23.3 Å². The van der Waals surface area contributed by atoms with Crippen LogP contribution in [0.1, 0.15) is 36.8 Å². The third-order valence-corrected chi connectivity index (χ3v) is 8.22. The Labute approximate surface area is 180 Å². The van der Waals surface area contributed by atoms with E-state index in [9.17, 15) is 17.6 Å². The van der Waals surface area contributed by atoms with E-state index in [1.165, 1.54) is 16.7 Å². The molecular formula is C21H26FN3O5S. The second-order valence-electron chi connectivity index (χ2n) is 8.21. The lowest BCUT2D eigenvalue weighted by Crippen LogP contribution is -2.32. The minimum Gasteiger partial charge on any atom is -0.475 e. The summed E-state index contributed by atoms with van der Waals surface area (Å²) in [4.78, 5) is 12.8. The quantitative estimate of drug-likeness (QED) is 0.569. The predicted molar refractivity (Wildman–Crippen MR) is 116 cm³/mol. The molecule has 10 heteroatoms. The average molecular weight is 452 g/mol. The Morgan fingerprint density at radius 2 is 2.00 bits per heavy atom. The van der Waals surface area contributed by atoms with Gasteiger partial charge in [-0.2, -0.15) is 0 Å². The smallest absolute Gasteiger partial charge is 0.258 e. The molecule has 1 fully saturated rings. The number of fused-ring (bicyclic) bond motifs is 1. The summed E-state index contributed by atoms with van der Waals surface area (Å²) in [6.07, 6.45) is 1.70. The van der Waals surface area contributed by atoms with Crippen LogP contribution >= 0.6 is 0 Å². The molecule has 0 atom stereocenters. The summed E-state index contributed by atoms with van der Waals surface area (Å²) in [5.41, 5.74) is 1.06. The lowest BCUT2D eigenvalue weighted by molar-refractivity contribution is 0.282. The zero-order valence-electron chi connectivity index (χ0n) is 17.5. The number of aryl methyl sites for hydroxylation is 1. The molecule has 2 aliphatic rings. The van der Waals surface area contributed by atoms with Crippen molar-refractivity contribution < 1.29 is 22.7 Å². The third-order valence-electron chi connectivity index (χ3n) is 5.99. The lowest BCUT2D eigenvalue weighted by atomic mass is 10.1.